The van der Waals surface area contributed by atoms with E-state index >= 15 is 0 Å². The van der Waals surface area contributed by atoms with Gasteiger partial charge in [0.1, 0.15) is 5.82 Å². The average Bonchev–Trinajstić information content (AvgIpc) is 2.57. The quantitative estimate of drug-likeness (QED) is 0.851. The van der Waals surface area contributed by atoms with Crippen molar-refractivity contribution in [1.29, 1.82) is 0 Å². The largest absolute Gasteiger partial charge is 0.369 e. The zero-order valence-corrected chi connectivity index (χ0v) is 11.4. The summed E-state index contributed by atoms with van der Waals surface area (Å²) >= 11 is 0. The Morgan fingerprint density at radius 3 is 2.84 bits per heavy atom. The maximum Gasteiger partial charge on any atom is 0.221 e. The van der Waals surface area contributed by atoms with Gasteiger partial charge in [-0.3, -0.25) is 4.79 Å². The van der Waals surface area contributed by atoms with Gasteiger partial charge in [0.05, 0.1) is 0 Å². The van der Waals surface area contributed by atoms with Gasteiger partial charge in [0.2, 0.25) is 5.91 Å². The van der Waals surface area contributed by atoms with Gasteiger partial charge in [-0.05, 0) is 37.1 Å². The molecule has 1 aliphatic heterocycles. The van der Waals surface area contributed by atoms with Gasteiger partial charge >= 0.3 is 0 Å². The number of hydrogen-bond donors (Lipinski definition) is 2. The number of nitrogens with zero attached hydrogens (tertiary/aromatic N) is 1. The molecule has 1 amide bonds. The first-order chi connectivity index (χ1) is 8.99. The van der Waals surface area contributed by atoms with E-state index in [1.165, 1.54) is 6.07 Å². The number of hydrogen-bond acceptors (Lipinski definition) is 3. The van der Waals surface area contributed by atoms with Gasteiger partial charge in [-0.2, -0.15) is 0 Å². The van der Waals surface area contributed by atoms with Gasteiger partial charge in [0.25, 0.3) is 0 Å². The molecule has 1 aliphatic rings. The van der Waals surface area contributed by atoms with Crippen LogP contribution in [0.4, 0.5) is 10.1 Å². The summed E-state index contributed by atoms with van der Waals surface area (Å²) in [4.78, 5) is 13.5. The van der Waals surface area contributed by atoms with E-state index in [4.69, 9.17) is 5.73 Å². The smallest absolute Gasteiger partial charge is 0.221 e. The van der Waals surface area contributed by atoms with Gasteiger partial charge in [-0.15, -0.1) is 0 Å². The van der Waals surface area contributed by atoms with Crippen molar-refractivity contribution in [3.63, 3.8) is 0 Å². The fourth-order valence-electron chi connectivity index (χ4n) is 2.33. The molecule has 1 heterocycles. The SMILES string of the molecule is Cc1cc(N2CCNC(=O)CC2)c([C@H](C)N)cc1F. The number of amides is 1. The van der Waals surface area contributed by atoms with E-state index in [1.54, 1.807) is 6.92 Å². The first-order valence-corrected chi connectivity index (χ1v) is 6.56. The maximum atomic E-state index is 13.7. The highest BCUT2D eigenvalue weighted by Crippen LogP contribution is 2.28. The van der Waals surface area contributed by atoms with Crippen LogP contribution < -0.4 is 16.0 Å². The number of aryl methyl sites for hydroxylation is 1. The van der Waals surface area contributed by atoms with Crippen LogP contribution in [-0.4, -0.2) is 25.5 Å². The molecule has 0 radical (unpaired) electrons. The van der Waals surface area contributed by atoms with Gasteiger partial charge in [-0.25, -0.2) is 4.39 Å². The lowest BCUT2D eigenvalue weighted by atomic mass is 10.0. The molecule has 3 N–H and O–H groups in total. The third kappa shape index (κ3) is 3.04. The van der Waals surface area contributed by atoms with Crippen molar-refractivity contribution in [3.8, 4) is 0 Å². The molecule has 1 saturated heterocycles. The second-order valence-electron chi connectivity index (χ2n) is 5.04. The van der Waals surface area contributed by atoms with Crippen molar-refractivity contribution in [3.05, 3.63) is 29.1 Å². The zero-order chi connectivity index (χ0) is 14.0. The first kappa shape index (κ1) is 13.8. The molecule has 104 valence electrons. The van der Waals surface area contributed by atoms with Gasteiger partial charge < -0.3 is 16.0 Å². The van der Waals surface area contributed by atoms with Crippen LogP contribution in [0.5, 0.6) is 0 Å². The fraction of sp³-hybridized carbons (Fsp3) is 0.500. The molecule has 0 bridgehead atoms. The molecule has 0 aromatic heterocycles. The molecule has 0 saturated carbocycles. The highest BCUT2D eigenvalue weighted by atomic mass is 19.1. The zero-order valence-electron chi connectivity index (χ0n) is 11.4. The third-order valence-corrected chi connectivity index (χ3v) is 3.45. The van der Waals surface area contributed by atoms with E-state index < -0.39 is 0 Å². The van der Waals surface area contributed by atoms with Crippen molar-refractivity contribution in [2.75, 3.05) is 24.5 Å². The molecule has 19 heavy (non-hydrogen) atoms. The van der Waals surface area contributed by atoms with Gasteiger partial charge in [0.15, 0.2) is 0 Å². The summed E-state index contributed by atoms with van der Waals surface area (Å²) in [6.07, 6.45) is 0.453. The van der Waals surface area contributed by atoms with Crippen molar-refractivity contribution in [2.45, 2.75) is 26.3 Å². The Bertz CT molecular complexity index is 488. The summed E-state index contributed by atoms with van der Waals surface area (Å²) in [5, 5.41) is 2.83. The standard InChI is InChI=1S/C14H20FN3O/c1-9-7-13(11(10(2)16)8-12(9)15)18-5-3-14(19)17-4-6-18/h7-8,10H,3-6,16H2,1-2H3,(H,17,19)/t10-/m0/s1. The molecule has 1 aromatic rings. The van der Waals surface area contributed by atoms with Crippen molar-refractivity contribution in [1.82, 2.24) is 5.32 Å². The first-order valence-electron chi connectivity index (χ1n) is 6.56. The van der Waals surface area contributed by atoms with E-state index in [1.807, 2.05) is 13.0 Å². The Labute approximate surface area is 112 Å². The van der Waals surface area contributed by atoms with Crippen LogP contribution in [0.3, 0.4) is 0 Å². The molecule has 0 spiro atoms. The summed E-state index contributed by atoms with van der Waals surface area (Å²) in [6.45, 7) is 5.54. The van der Waals surface area contributed by atoms with E-state index in [0.717, 1.165) is 17.8 Å². The number of nitrogens with one attached hydrogen (secondary N) is 1. The Balaban J connectivity index is 2.36. The topological polar surface area (TPSA) is 58.4 Å². The lowest BCUT2D eigenvalue weighted by Crippen LogP contribution is -2.30. The molecule has 1 atom stereocenters. The van der Waals surface area contributed by atoms with Crippen LogP contribution in [0.1, 0.15) is 30.5 Å². The second kappa shape index (κ2) is 5.57. The summed E-state index contributed by atoms with van der Waals surface area (Å²) in [5.41, 5.74) is 8.26. The van der Waals surface area contributed by atoms with E-state index in [2.05, 4.69) is 10.2 Å². The second-order valence-corrected chi connectivity index (χ2v) is 5.04. The minimum atomic E-state index is -0.239. The van der Waals surface area contributed by atoms with Crippen LogP contribution in [0.15, 0.2) is 12.1 Å². The van der Waals surface area contributed by atoms with Crippen molar-refractivity contribution < 1.29 is 9.18 Å². The molecule has 1 aromatic carbocycles. The van der Waals surface area contributed by atoms with E-state index in [9.17, 15) is 9.18 Å². The number of anilines is 1. The molecule has 2 rings (SSSR count). The summed E-state index contributed by atoms with van der Waals surface area (Å²) in [5.74, 6) is -0.177. The van der Waals surface area contributed by atoms with Crippen molar-refractivity contribution in [2.24, 2.45) is 5.73 Å². The van der Waals surface area contributed by atoms with E-state index in [-0.39, 0.29) is 17.8 Å². The Morgan fingerprint density at radius 1 is 1.42 bits per heavy atom. The number of nitrogens with two attached hydrogens (primary N) is 1. The van der Waals surface area contributed by atoms with Crippen LogP contribution in [0.2, 0.25) is 0 Å². The molecule has 0 aliphatic carbocycles. The lowest BCUT2D eigenvalue weighted by Gasteiger charge is -2.26. The number of rotatable bonds is 2. The van der Waals surface area contributed by atoms with Crippen molar-refractivity contribution >= 4 is 11.6 Å². The minimum absolute atomic E-state index is 0.0590. The normalized spacial score (nSPS) is 17.9. The Kier molecular flexibility index (Phi) is 4.04. The van der Waals surface area contributed by atoms with Crippen LogP contribution in [0.25, 0.3) is 0 Å². The predicted octanol–water partition coefficient (Wildman–Crippen LogP) is 1.48. The maximum absolute atomic E-state index is 13.7. The van der Waals surface area contributed by atoms with Gasteiger partial charge in [-0.1, -0.05) is 0 Å². The summed E-state index contributed by atoms with van der Waals surface area (Å²) in [7, 11) is 0. The summed E-state index contributed by atoms with van der Waals surface area (Å²) < 4.78 is 13.7. The monoisotopic (exact) mass is 265 g/mol. The highest BCUT2D eigenvalue weighted by Gasteiger charge is 2.19. The van der Waals surface area contributed by atoms with E-state index in [0.29, 0.717) is 25.1 Å². The molecular formula is C14H20FN3O. The molecular weight excluding hydrogens is 245 g/mol. The third-order valence-electron chi connectivity index (χ3n) is 3.45. The number of carbonyl (C=O) groups excluding carboxylic acids is 1. The predicted molar refractivity (Wildman–Crippen MR) is 73.6 cm³/mol. The molecule has 5 heteroatoms. The molecule has 0 unspecified atom stereocenters. The fourth-order valence-corrected chi connectivity index (χ4v) is 2.33. The Hall–Kier alpha value is -1.62. The summed E-state index contributed by atoms with van der Waals surface area (Å²) in [6, 6.07) is 3.09. The highest BCUT2D eigenvalue weighted by molar-refractivity contribution is 5.77. The van der Waals surface area contributed by atoms with Crippen LogP contribution in [0, 0.1) is 12.7 Å². The van der Waals surface area contributed by atoms with Crippen LogP contribution in [-0.2, 0) is 4.79 Å². The number of halogens is 1. The molecule has 4 nitrogen and oxygen atoms in total. The average molecular weight is 265 g/mol. The lowest BCUT2D eigenvalue weighted by molar-refractivity contribution is -0.120. The van der Waals surface area contributed by atoms with Crippen LogP contribution >= 0.6 is 0 Å². The number of benzene rings is 1. The minimum Gasteiger partial charge on any atom is -0.369 e. The van der Waals surface area contributed by atoms with Gasteiger partial charge in [0, 0.05) is 37.8 Å². The number of carbonyl (C=O) groups is 1. The molecule has 1 fully saturated rings. The Morgan fingerprint density at radius 2 is 2.16 bits per heavy atom.